The van der Waals surface area contributed by atoms with E-state index >= 15 is 0 Å². The van der Waals surface area contributed by atoms with Crippen LogP contribution in [0, 0.1) is 5.92 Å². The van der Waals surface area contributed by atoms with Gasteiger partial charge in [-0.05, 0) is 31.4 Å². The number of rotatable bonds is 6. The first kappa shape index (κ1) is 14.3. The Morgan fingerprint density at radius 1 is 1.33 bits per heavy atom. The molecule has 5 nitrogen and oxygen atoms in total. The first-order valence-electron chi connectivity index (χ1n) is 6.12. The van der Waals surface area contributed by atoms with Crippen LogP contribution in [0.1, 0.15) is 37.7 Å². The zero-order valence-corrected chi connectivity index (χ0v) is 11.0. The Labute approximate surface area is 107 Å². The Kier molecular flexibility index (Phi) is 5.42. The van der Waals surface area contributed by atoms with Crippen molar-refractivity contribution in [2.24, 2.45) is 5.92 Å². The van der Waals surface area contributed by atoms with Gasteiger partial charge in [0.2, 0.25) is 5.91 Å². The van der Waals surface area contributed by atoms with Crippen LogP contribution < -0.4 is 10.6 Å². The van der Waals surface area contributed by atoms with Gasteiger partial charge in [-0.2, -0.15) is 0 Å². The molecule has 1 heterocycles. The van der Waals surface area contributed by atoms with Crippen molar-refractivity contribution in [3.63, 3.8) is 0 Å². The van der Waals surface area contributed by atoms with Gasteiger partial charge in [0.1, 0.15) is 6.04 Å². The molecule has 0 unspecified atom stereocenters. The predicted molar refractivity (Wildman–Crippen MR) is 68.1 cm³/mol. The summed E-state index contributed by atoms with van der Waals surface area (Å²) in [6.07, 6.45) is 2.34. The molecule has 0 radical (unpaired) electrons. The first-order valence-corrected chi connectivity index (χ1v) is 6.12. The molecule has 0 spiro atoms. The summed E-state index contributed by atoms with van der Waals surface area (Å²) < 4.78 is 4.94. The van der Waals surface area contributed by atoms with E-state index in [-0.39, 0.29) is 17.6 Å². The third kappa shape index (κ3) is 4.61. The molecule has 2 amide bonds. The van der Waals surface area contributed by atoms with Crippen molar-refractivity contribution < 1.29 is 14.0 Å². The maximum atomic E-state index is 11.7. The summed E-state index contributed by atoms with van der Waals surface area (Å²) in [6, 6.07) is 2.61. The summed E-state index contributed by atoms with van der Waals surface area (Å²) in [5.74, 6) is 0.178. The Hall–Kier alpha value is -1.78. The van der Waals surface area contributed by atoms with Crippen molar-refractivity contribution >= 4 is 11.8 Å². The zero-order valence-electron chi connectivity index (χ0n) is 11.0. The van der Waals surface area contributed by atoms with Crippen LogP contribution in [0.5, 0.6) is 0 Å². The smallest absolute Gasteiger partial charge is 0.287 e. The molecule has 100 valence electrons. The average molecular weight is 252 g/mol. The summed E-state index contributed by atoms with van der Waals surface area (Å²) in [4.78, 5) is 23.3. The molecule has 2 N–H and O–H groups in total. The molecule has 1 aromatic rings. The highest BCUT2D eigenvalue weighted by Gasteiger charge is 2.17. The molecular formula is C13H20N2O3. The highest BCUT2D eigenvalue weighted by atomic mass is 16.3. The van der Waals surface area contributed by atoms with E-state index in [1.165, 1.54) is 6.26 Å². The van der Waals surface area contributed by atoms with Crippen molar-refractivity contribution in [3.05, 3.63) is 24.2 Å². The third-order valence-electron chi connectivity index (χ3n) is 2.51. The molecule has 1 aromatic heterocycles. The van der Waals surface area contributed by atoms with Crippen LogP contribution in [0.2, 0.25) is 0 Å². The van der Waals surface area contributed by atoms with E-state index in [4.69, 9.17) is 4.42 Å². The quantitative estimate of drug-likeness (QED) is 0.807. The van der Waals surface area contributed by atoms with E-state index in [2.05, 4.69) is 24.5 Å². The van der Waals surface area contributed by atoms with Gasteiger partial charge in [-0.3, -0.25) is 9.59 Å². The minimum atomic E-state index is -0.574. The Morgan fingerprint density at radius 3 is 2.61 bits per heavy atom. The number of hydrogen-bond acceptors (Lipinski definition) is 3. The predicted octanol–water partition coefficient (Wildman–Crippen LogP) is 1.56. The third-order valence-corrected chi connectivity index (χ3v) is 2.51. The van der Waals surface area contributed by atoms with Gasteiger partial charge in [-0.25, -0.2) is 0 Å². The minimum Gasteiger partial charge on any atom is -0.459 e. The Bertz CT molecular complexity index is 385. The highest BCUT2D eigenvalue weighted by molar-refractivity contribution is 5.95. The SMILES string of the molecule is CC(C)CCNC(=O)[C@H](C)NC(=O)c1ccco1. The molecule has 0 saturated heterocycles. The summed E-state index contributed by atoms with van der Waals surface area (Å²) in [5, 5.41) is 5.36. The monoisotopic (exact) mass is 252 g/mol. The second-order valence-electron chi connectivity index (χ2n) is 4.65. The number of furan rings is 1. The molecule has 0 bridgehead atoms. The van der Waals surface area contributed by atoms with Crippen LogP contribution >= 0.6 is 0 Å². The van der Waals surface area contributed by atoms with Crippen molar-refractivity contribution in [1.29, 1.82) is 0 Å². The van der Waals surface area contributed by atoms with Crippen LogP contribution in [-0.2, 0) is 4.79 Å². The number of nitrogens with one attached hydrogen (secondary N) is 2. The van der Waals surface area contributed by atoms with Gasteiger partial charge in [0, 0.05) is 6.54 Å². The average Bonchev–Trinajstić information content (AvgIpc) is 2.81. The molecule has 1 rings (SSSR count). The molecule has 0 aliphatic carbocycles. The largest absolute Gasteiger partial charge is 0.459 e. The maximum Gasteiger partial charge on any atom is 0.287 e. The molecule has 0 aliphatic rings. The van der Waals surface area contributed by atoms with E-state index in [0.717, 1.165) is 6.42 Å². The lowest BCUT2D eigenvalue weighted by molar-refractivity contribution is -0.122. The van der Waals surface area contributed by atoms with Crippen molar-refractivity contribution in [1.82, 2.24) is 10.6 Å². The van der Waals surface area contributed by atoms with Gasteiger partial charge in [0.05, 0.1) is 6.26 Å². The molecule has 1 atom stereocenters. The first-order chi connectivity index (χ1) is 8.50. The van der Waals surface area contributed by atoms with E-state index in [1.807, 2.05) is 0 Å². The van der Waals surface area contributed by atoms with Crippen LogP contribution in [0.4, 0.5) is 0 Å². The van der Waals surface area contributed by atoms with Crippen molar-refractivity contribution in [2.75, 3.05) is 6.54 Å². The van der Waals surface area contributed by atoms with E-state index in [9.17, 15) is 9.59 Å². The van der Waals surface area contributed by atoms with Gasteiger partial charge < -0.3 is 15.1 Å². The van der Waals surface area contributed by atoms with Gasteiger partial charge in [0.15, 0.2) is 5.76 Å². The zero-order chi connectivity index (χ0) is 13.5. The molecule has 0 aromatic carbocycles. The van der Waals surface area contributed by atoms with Crippen LogP contribution in [0.25, 0.3) is 0 Å². The van der Waals surface area contributed by atoms with Crippen LogP contribution in [0.3, 0.4) is 0 Å². The fraction of sp³-hybridized carbons (Fsp3) is 0.538. The normalized spacial score (nSPS) is 12.2. The molecule has 0 fully saturated rings. The van der Waals surface area contributed by atoms with E-state index in [0.29, 0.717) is 12.5 Å². The van der Waals surface area contributed by atoms with Gasteiger partial charge in [-0.15, -0.1) is 0 Å². The number of carbonyl (C=O) groups excluding carboxylic acids is 2. The van der Waals surface area contributed by atoms with E-state index in [1.54, 1.807) is 19.1 Å². The molecule has 0 saturated carbocycles. The van der Waals surface area contributed by atoms with Gasteiger partial charge in [0.25, 0.3) is 5.91 Å². The summed E-state index contributed by atoms with van der Waals surface area (Å²) >= 11 is 0. The lowest BCUT2D eigenvalue weighted by atomic mass is 10.1. The fourth-order valence-electron chi connectivity index (χ4n) is 1.38. The second kappa shape index (κ2) is 6.83. The number of carbonyl (C=O) groups is 2. The summed E-state index contributed by atoms with van der Waals surface area (Å²) in [7, 11) is 0. The van der Waals surface area contributed by atoms with Crippen LogP contribution in [-0.4, -0.2) is 24.4 Å². The lowest BCUT2D eigenvalue weighted by Gasteiger charge is -2.13. The standard InChI is InChI=1S/C13H20N2O3/c1-9(2)6-7-14-12(16)10(3)15-13(17)11-5-4-8-18-11/h4-5,8-10H,6-7H2,1-3H3,(H,14,16)(H,15,17)/t10-/m0/s1. The maximum absolute atomic E-state index is 11.7. The minimum absolute atomic E-state index is 0.185. The fourth-order valence-corrected chi connectivity index (χ4v) is 1.38. The molecular weight excluding hydrogens is 232 g/mol. The lowest BCUT2D eigenvalue weighted by Crippen LogP contribution is -2.45. The van der Waals surface area contributed by atoms with Crippen LogP contribution in [0.15, 0.2) is 22.8 Å². The highest BCUT2D eigenvalue weighted by Crippen LogP contribution is 2.00. The van der Waals surface area contributed by atoms with Gasteiger partial charge in [-0.1, -0.05) is 13.8 Å². The molecule has 18 heavy (non-hydrogen) atoms. The number of amides is 2. The molecule has 5 heteroatoms. The van der Waals surface area contributed by atoms with Crippen molar-refractivity contribution in [2.45, 2.75) is 33.2 Å². The Morgan fingerprint density at radius 2 is 2.06 bits per heavy atom. The number of hydrogen-bond donors (Lipinski definition) is 2. The summed E-state index contributed by atoms with van der Waals surface area (Å²) in [5.41, 5.74) is 0. The second-order valence-corrected chi connectivity index (χ2v) is 4.65. The molecule has 0 aliphatic heterocycles. The Balaban J connectivity index is 2.33. The summed E-state index contributed by atoms with van der Waals surface area (Å²) in [6.45, 7) is 6.45. The van der Waals surface area contributed by atoms with E-state index < -0.39 is 6.04 Å². The van der Waals surface area contributed by atoms with Crippen molar-refractivity contribution in [3.8, 4) is 0 Å². The topological polar surface area (TPSA) is 71.3 Å². The van der Waals surface area contributed by atoms with Gasteiger partial charge >= 0.3 is 0 Å².